The standard InChI is InChI=1S/C45H89NO5/c1-3-5-7-9-11-13-15-16-17-18-19-20-21-22-23-24-25-26-27-29-31-33-35-37-39-43(49)45(51)46-41(40-47)44(50)42(48)38-36-34-32-30-28-14-12-10-8-6-4-2/h30,32,41-44,47-50H,3-29,31,33-40H2,1-2H3,(H,46,51)/b32-30+. The average molecular weight is 724 g/mol. The van der Waals surface area contributed by atoms with E-state index in [-0.39, 0.29) is 0 Å². The van der Waals surface area contributed by atoms with Gasteiger partial charge >= 0.3 is 0 Å². The van der Waals surface area contributed by atoms with E-state index >= 15 is 0 Å². The fourth-order valence-corrected chi connectivity index (χ4v) is 7.11. The second-order valence-electron chi connectivity index (χ2n) is 15.8. The molecule has 4 atom stereocenters. The molecule has 0 aliphatic heterocycles. The molecule has 0 heterocycles. The van der Waals surface area contributed by atoms with Gasteiger partial charge in [0.15, 0.2) is 0 Å². The Bertz CT molecular complexity index is 731. The van der Waals surface area contributed by atoms with Crippen LogP contribution in [0, 0.1) is 0 Å². The topological polar surface area (TPSA) is 110 Å². The Labute approximate surface area is 317 Å². The molecule has 0 saturated heterocycles. The fraction of sp³-hybridized carbons (Fsp3) is 0.933. The third-order valence-corrected chi connectivity index (χ3v) is 10.7. The zero-order valence-electron chi connectivity index (χ0n) is 34.1. The van der Waals surface area contributed by atoms with Crippen LogP contribution in [0.5, 0.6) is 0 Å². The third-order valence-electron chi connectivity index (χ3n) is 10.7. The molecule has 0 saturated carbocycles. The predicted molar refractivity (Wildman–Crippen MR) is 219 cm³/mol. The van der Waals surface area contributed by atoms with E-state index < -0.39 is 36.9 Å². The van der Waals surface area contributed by atoms with Crippen LogP contribution in [0.1, 0.15) is 239 Å². The Hall–Kier alpha value is -0.950. The number of aliphatic hydroxyl groups excluding tert-OH is 4. The van der Waals surface area contributed by atoms with Crippen molar-refractivity contribution in [1.29, 1.82) is 0 Å². The number of aliphatic hydroxyl groups is 4. The summed E-state index contributed by atoms with van der Waals surface area (Å²) in [5.74, 6) is -0.591. The maximum Gasteiger partial charge on any atom is 0.249 e. The molecule has 6 heteroatoms. The minimum Gasteiger partial charge on any atom is -0.394 e. The van der Waals surface area contributed by atoms with Crippen LogP contribution in [0.25, 0.3) is 0 Å². The van der Waals surface area contributed by atoms with E-state index in [1.165, 1.54) is 173 Å². The first kappa shape index (κ1) is 50.1. The zero-order valence-corrected chi connectivity index (χ0v) is 34.1. The molecule has 5 N–H and O–H groups in total. The van der Waals surface area contributed by atoms with Crippen LogP contribution < -0.4 is 5.32 Å². The molecule has 51 heavy (non-hydrogen) atoms. The summed E-state index contributed by atoms with van der Waals surface area (Å²) >= 11 is 0. The first-order valence-corrected chi connectivity index (χ1v) is 22.6. The second kappa shape index (κ2) is 40.2. The van der Waals surface area contributed by atoms with Crippen LogP contribution in [-0.4, -0.2) is 57.3 Å². The lowest BCUT2D eigenvalue weighted by Gasteiger charge is -2.27. The minimum atomic E-state index is -1.28. The number of carbonyl (C=O) groups excluding carboxylic acids is 1. The summed E-state index contributed by atoms with van der Waals surface area (Å²) in [7, 11) is 0. The molecule has 0 bridgehead atoms. The number of rotatable bonds is 41. The summed E-state index contributed by atoms with van der Waals surface area (Å²) in [5.41, 5.74) is 0. The predicted octanol–water partition coefficient (Wildman–Crippen LogP) is 11.8. The largest absolute Gasteiger partial charge is 0.394 e. The number of allylic oxidation sites excluding steroid dienone is 2. The molecule has 0 aliphatic carbocycles. The first-order chi connectivity index (χ1) is 25.0. The first-order valence-electron chi connectivity index (χ1n) is 22.6. The number of carbonyl (C=O) groups is 1. The molecular formula is C45H89NO5. The van der Waals surface area contributed by atoms with Gasteiger partial charge in [0.2, 0.25) is 5.91 Å². The van der Waals surface area contributed by atoms with Gasteiger partial charge in [0.1, 0.15) is 12.2 Å². The van der Waals surface area contributed by atoms with E-state index in [0.717, 1.165) is 38.5 Å². The summed E-state index contributed by atoms with van der Waals surface area (Å²) in [6, 6.07) is -0.996. The van der Waals surface area contributed by atoms with Crippen molar-refractivity contribution in [3.8, 4) is 0 Å². The maximum absolute atomic E-state index is 12.5. The molecular weight excluding hydrogens is 634 g/mol. The summed E-state index contributed by atoms with van der Waals surface area (Å²) in [6.07, 6.45) is 44.0. The van der Waals surface area contributed by atoms with Crippen LogP contribution in [0.2, 0.25) is 0 Å². The van der Waals surface area contributed by atoms with Crippen molar-refractivity contribution < 1.29 is 25.2 Å². The highest BCUT2D eigenvalue weighted by Crippen LogP contribution is 2.17. The van der Waals surface area contributed by atoms with Crippen molar-refractivity contribution in [2.45, 2.75) is 263 Å². The van der Waals surface area contributed by atoms with Gasteiger partial charge in [-0.15, -0.1) is 0 Å². The normalized spacial score (nSPS) is 14.2. The third kappa shape index (κ3) is 34.6. The Balaban J connectivity index is 3.64. The van der Waals surface area contributed by atoms with Gasteiger partial charge in [-0.05, 0) is 38.5 Å². The molecule has 0 spiro atoms. The maximum atomic E-state index is 12.5. The van der Waals surface area contributed by atoms with Crippen molar-refractivity contribution in [2.24, 2.45) is 0 Å². The monoisotopic (exact) mass is 724 g/mol. The molecule has 6 nitrogen and oxygen atoms in total. The van der Waals surface area contributed by atoms with Gasteiger partial charge in [-0.1, -0.05) is 212 Å². The van der Waals surface area contributed by atoms with E-state index in [1.807, 2.05) is 0 Å². The van der Waals surface area contributed by atoms with Crippen LogP contribution in [0.3, 0.4) is 0 Å². The molecule has 0 aromatic carbocycles. The van der Waals surface area contributed by atoms with Crippen LogP contribution in [0.15, 0.2) is 12.2 Å². The van der Waals surface area contributed by atoms with Gasteiger partial charge in [-0.25, -0.2) is 0 Å². The molecule has 304 valence electrons. The van der Waals surface area contributed by atoms with Gasteiger partial charge in [-0.3, -0.25) is 4.79 Å². The van der Waals surface area contributed by atoms with Gasteiger partial charge < -0.3 is 25.7 Å². The summed E-state index contributed by atoms with van der Waals surface area (Å²) in [4.78, 5) is 12.5. The van der Waals surface area contributed by atoms with Gasteiger partial charge in [0.05, 0.1) is 18.8 Å². The number of amides is 1. The van der Waals surface area contributed by atoms with Crippen molar-refractivity contribution in [3.05, 3.63) is 12.2 Å². The highest BCUT2D eigenvalue weighted by atomic mass is 16.3. The smallest absolute Gasteiger partial charge is 0.249 e. The molecule has 0 fully saturated rings. The number of hydrogen-bond acceptors (Lipinski definition) is 5. The lowest BCUT2D eigenvalue weighted by Crippen LogP contribution is -2.53. The van der Waals surface area contributed by atoms with E-state index in [0.29, 0.717) is 12.8 Å². The van der Waals surface area contributed by atoms with Crippen molar-refractivity contribution >= 4 is 5.91 Å². The number of nitrogens with one attached hydrogen (secondary N) is 1. The van der Waals surface area contributed by atoms with Gasteiger partial charge in [0.25, 0.3) is 0 Å². The lowest BCUT2D eigenvalue weighted by molar-refractivity contribution is -0.132. The molecule has 0 aromatic heterocycles. The number of hydrogen-bond donors (Lipinski definition) is 5. The average Bonchev–Trinajstić information content (AvgIpc) is 3.13. The van der Waals surface area contributed by atoms with Gasteiger partial charge in [0, 0.05) is 0 Å². The highest BCUT2D eigenvalue weighted by molar-refractivity contribution is 5.80. The molecule has 0 radical (unpaired) electrons. The Morgan fingerprint density at radius 1 is 0.471 bits per heavy atom. The molecule has 4 unspecified atom stereocenters. The van der Waals surface area contributed by atoms with Crippen molar-refractivity contribution in [2.75, 3.05) is 6.61 Å². The van der Waals surface area contributed by atoms with E-state index in [9.17, 15) is 25.2 Å². The molecule has 1 amide bonds. The minimum absolute atomic E-state index is 0.368. The zero-order chi connectivity index (χ0) is 37.5. The Morgan fingerprint density at radius 3 is 1.18 bits per heavy atom. The Morgan fingerprint density at radius 2 is 0.804 bits per heavy atom. The molecule has 0 rings (SSSR count). The van der Waals surface area contributed by atoms with Crippen LogP contribution in [-0.2, 0) is 4.79 Å². The van der Waals surface area contributed by atoms with E-state index in [2.05, 4.69) is 31.3 Å². The van der Waals surface area contributed by atoms with E-state index in [4.69, 9.17) is 0 Å². The summed E-state index contributed by atoms with van der Waals surface area (Å²) < 4.78 is 0. The fourth-order valence-electron chi connectivity index (χ4n) is 7.11. The molecule has 0 aromatic rings. The van der Waals surface area contributed by atoms with Crippen molar-refractivity contribution in [3.63, 3.8) is 0 Å². The quantitative estimate of drug-likeness (QED) is 0.0319. The van der Waals surface area contributed by atoms with Gasteiger partial charge in [-0.2, -0.15) is 0 Å². The SMILES string of the molecule is CCCCCCCC/C=C/CCCC(O)C(O)C(CO)NC(=O)C(O)CCCCCCCCCCCCCCCCCCCCCCCCCC. The number of unbranched alkanes of at least 4 members (excludes halogenated alkanes) is 30. The van der Waals surface area contributed by atoms with Crippen molar-refractivity contribution in [1.82, 2.24) is 5.32 Å². The summed E-state index contributed by atoms with van der Waals surface area (Å²) in [6.45, 7) is 4.03. The lowest BCUT2D eigenvalue weighted by atomic mass is 10.00. The van der Waals surface area contributed by atoms with Crippen LogP contribution >= 0.6 is 0 Å². The highest BCUT2D eigenvalue weighted by Gasteiger charge is 2.28. The second-order valence-corrected chi connectivity index (χ2v) is 15.8. The molecule has 0 aliphatic rings. The summed E-state index contributed by atoms with van der Waals surface area (Å²) in [5, 5.41) is 43.5. The Kier molecular flexibility index (Phi) is 39.5. The van der Waals surface area contributed by atoms with E-state index in [1.54, 1.807) is 0 Å². The van der Waals surface area contributed by atoms with Crippen LogP contribution in [0.4, 0.5) is 0 Å².